The number of nitrogens with one attached hydrogen (secondary N) is 2. The van der Waals surface area contributed by atoms with Crippen LogP contribution in [0.3, 0.4) is 0 Å². The van der Waals surface area contributed by atoms with Gasteiger partial charge in [-0.1, -0.05) is 24.6 Å². The van der Waals surface area contributed by atoms with Crippen molar-refractivity contribution in [3.05, 3.63) is 35.1 Å². The van der Waals surface area contributed by atoms with E-state index >= 15 is 0 Å². The standard InChI is InChI=1S/C12H15ClN4S/c1-2-5-14-7-9-3-4-11(10(13)6-9)18-12-15-8-16-17-12/h3-4,6,8,14H,2,5,7H2,1H3,(H,15,16,17). The molecule has 0 saturated heterocycles. The van der Waals surface area contributed by atoms with Crippen LogP contribution in [0.1, 0.15) is 18.9 Å². The van der Waals surface area contributed by atoms with Crippen LogP contribution in [0.15, 0.2) is 34.6 Å². The fourth-order valence-corrected chi connectivity index (χ4v) is 2.51. The average molecular weight is 283 g/mol. The Morgan fingerprint density at radius 3 is 3.00 bits per heavy atom. The highest BCUT2D eigenvalue weighted by Crippen LogP contribution is 2.31. The van der Waals surface area contributed by atoms with E-state index in [4.69, 9.17) is 11.6 Å². The second-order valence-electron chi connectivity index (χ2n) is 3.83. The van der Waals surface area contributed by atoms with E-state index in [2.05, 4.69) is 33.5 Å². The summed E-state index contributed by atoms with van der Waals surface area (Å²) in [4.78, 5) is 5.04. The molecule has 1 aromatic heterocycles. The molecule has 1 aromatic carbocycles. The number of halogens is 1. The molecule has 96 valence electrons. The first kappa shape index (κ1) is 13.4. The Kier molecular flexibility index (Phi) is 5.04. The maximum atomic E-state index is 6.25. The second-order valence-corrected chi connectivity index (χ2v) is 5.27. The van der Waals surface area contributed by atoms with Crippen LogP contribution in [0.5, 0.6) is 0 Å². The molecule has 0 radical (unpaired) electrons. The first-order valence-corrected chi connectivity index (χ1v) is 7.01. The normalized spacial score (nSPS) is 10.8. The third-order valence-corrected chi connectivity index (χ3v) is 3.74. The maximum absolute atomic E-state index is 6.25. The van der Waals surface area contributed by atoms with Gasteiger partial charge in [0.15, 0.2) is 5.16 Å². The van der Waals surface area contributed by atoms with Gasteiger partial charge in [-0.05, 0) is 42.4 Å². The third-order valence-electron chi connectivity index (χ3n) is 2.35. The number of nitrogens with zero attached hydrogens (tertiary/aromatic N) is 2. The zero-order chi connectivity index (χ0) is 12.8. The molecule has 0 atom stereocenters. The summed E-state index contributed by atoms with van der Waals surface area (Å²) >= 11 is 7.72. The lowest BCUT2D eigenvalue weighted by Gasteiger charge is -2.06. The minimum atomic E-state index is 0.743. The molecule has 18 heavy (non-hydrogen) atoms. The molecule has 0 aliphatic carbocycles. The molecule has 0 saturated carbocycles. The van der Waals surface area contributed by atoms with Gasteiger partial charge in [0.25, 0.3) is 0 Å². The number of hydrogen-bond donors (Lipinski definition) is 2. The number of aromatic nitrogens is 3. The molecule has 0 amide bonds. The van der Waals surface area contributed by atoms with Gasteiger partial charge in [0.1, 0.15) is 6.33 Å². The molecular weight excluding hydrogens is 268 g/mol. The summed E-state index contributed by atoms with van der Waals surface area (Å²) in [5.74, 6) is 0. The van der Waals surface area contributed by atoms with E-state index < -0.39 is 0 Å². The highest BCUT2D eigenvalue weighted by atomic mass is 35.5. The van der Waals surface area contributed by atoms with Crippen LogP contribution in [0.25, 0.3) is 0 Å². The van der Waals surface area contributed by atoms with Gasteiger partial charge in [-0.2, -0.15) is 5.10 Å². The Morgan fingerprint density at radius 1 is 1.44 bits per heavy atom. The van der Waals surface area contributed by atoms with Crippen molar-refractivity contribution in [1.29, 1.82) is 0 Å². The van der Waals surface area contributed by atoms with Gasteiger partial charge >= 0.3 is 0 Å². The molecule has 0 aliphatic rings. The summed E-state index contributed by atoms with van der Waals surface area (Å²) < 4.78 is 0. The van der Waals surface area contributed by atoms with Crippen LogP contribution in [0.2, 0.25) is 5.02 Å². The lowest BCUT2D eigenvalue weighted by molar-refractivity contribution is 0.675. The highest BCUT2D eigenvalue weighted by molar-refractivity contribution is 7.99. The zero-order valence-corrected chi connectivity index (χ0v) is 11.7. The first-order valence-electron chi connectivity index (χ1n) is 5.82. The van der Waals surface area contributed by atoms with Crippen LogP contribution in [0.4, 0.5) is 0 Å². The molecule has 2 rings (SSSR count). The molecule has 2 N–H and O–H groups in total. The predicted octanol–water partition coefficient (Wildman–Crippen LogP) is 3.11. The maximum Gasteiger partial charge on any atom is 0.188 e. The number of hydrogen-bond acceptors (Lipinski definition) is 4. The highest BCUT2D eigenvalue weighted by Gasteiger charge is 2.05. The molecule has 0 unspecified atom stereocenters. The SMILES string of the molecule is CCCNCc1ccc(Sc2ncn[nH]2)c(Cl)c1. The predicted molar refractivity (Wildman–Crippen MR) is 74.0 cm³/mol. The Morgan fingerprint density at radius 2 is 2.33 bits per heavy atom. The monoisotopic (exact) mass is 282 g/mol. The van der Waals surface area contributed by atoms with Gasteiger partial charge in [-0.3, -0.25) is 5.10 Å². The van der Waals surface area contributed by atoms with Gasteiger partial charge in [-0.25, -0.2) is 4.98 Å². The minimum Gasteiger partial charge on any atom is -0.313 e. The lowest BCUT2D eigenvalue weighted by atomic mass is 10.2. The van der Waals surface area contributed by atoms with Crippen LogP contribution >= 0.6 is 23.4 Å². The van der Waals surface area contributed by atoms with Gasteiger partial charge in [0.2, 0.25) is 0 Å². The van der Waals surface area contributed by atoms with E-state index in [9.17, 15) is 0 Å². The Labute approximate surface area is 116 Å². The summed E-state index contributed by atoms with van der Waals surface area (Å²) in [6, 6.07) is 6.08. The van der Waals surface area contributed by atoms with Crippen molar-refractivity contribution < 1.29 is 0 Å². The summed E-state index contributed by atoms with van der Waals surface area (Å²) in [5, 5.41) is 11.4. The third kappa shape index (κ3) is 3.73. The fourth-order valence-electron chi connectivity index (χ4n) is 1.49. The molecule has 6 heteroatoms. The Hall–Kier alpha value is -1.04. The van der Waals surface area contributed by atoms with Crippen molar-refractivity contribution in [3.63, 3.8) is 0 Å². The van der Waals surface area contributed by atoms with Crippen molar-refractivity contribution in [2.45, 2.75) is 29.9 Å². The van der Waals surface area contributed by atoms with Crippen LogP contribution in [-0.2, 0) is 6.54 Å². The molecule has 4 nitrogen and oxygen atoms in total. The lowest BCUT2D eigenvalue weighted by Crippen LogP contribution is -2.13. The van der Waals surface area contributed by atoms with Crippen molar-refractivity contribution in [2.24, 2.45) is 0 Å². The molecule has 0 fully saturated rings. The second kappa shape index (κ2) is 6.78. The Balaban J connectivity index is 2.01. The zero-order valence-electron chi connectivity index (χ0n) is 10.1. The summed E-state index contributed by atoms with van der Waals surface area (Å²) in [5.41, 5.74) is 1.19. The largest absolute Gasteiger partial charge is 0.313 e. The topological polar surface area (TPSA) is 53.6 Å². The molecule has 2 aromatic rings. The van der Waals surface area contributed by atoms with Gasteiger partial charge in [-0.15, -0.1) is 0 Å². The van der Waals surface area contributed by atoms with Crippen molar-refractivity contribution in [1.82, 2.24) is 20.5 Å². The molecule has 0 bridgehead atoms. The number of aromatic amines is 1. The van der Waals surface area contributed by atoms with E-state index in [0.29, 0.717) is 0 Å². The first-order chi connectivity index (χ1) is 8.79. The van der Waals surface area contributed by atoms with Gasteiger partial charge < -0.3 is 5.32 Å². The van der Waals surface area contributed by atoms with Crippen molar-refractivity contribution >= 4 is 23.4 Å². The summed E-state index contributed by atoms with van der Waals surface area (Å²) in [7, 11) is 0. The van der Waals surface area contributed by atoms with Crippen molar-refractivity contribution in [3.8, 4) is 0 Å². The molecule has 1 heterocycles. The van der Waals surface area contributed by atoms with Crippen molar-refractivity contribution in [2.75, 3.05) is 6.54 Å². The summed E-state index contributed by atoms with van der Waals surface area (Å²) in [6.07, 6.45) is 2.62. The smallest absolute Gasteiger partial charge is 0.188 e. The summed E-state index contributed by atoms with van der Waals surface area (Å²) in [6.45, 7) is 4.02. The Bertz CT molecular complexity index is 487. The molecular formula is C12H15ClN4S. The molecule has 0 aliphatic heterocycles. The number of benzene rings is 1. The molecule has 0 spiro atoms. The van der Waals surface area contributed by atoms with Gasteiger partial charge in [0.05, 0.1) is 5.02 Å². The van der Waals surface area contributed by atoms with E-state index in [1.54, 1.807) is 0 Å². The fraction of sp³-hybridized carbons (Fsp3) is 0.333. The van der Waals surface area contributed by atoms with Crippen LogP contribution in [0, 0.1) is 0 Å². The quantitative estimate of drug-likeness (QED) is 0.800. The van der Waals surface area contributed by atoms with E-state index in [-0.39, 0.29) is 0 Å². The van der Waals surface area contributed by atoms with Crippen LogP contribution in [-0.4, -0.2) is 21.7 Å². The van der Waals surface area contributed by atoms with E-state index in [1.165, 1.54) is 23.7 Å². The number of rotatable bonds is 6. The van der Waals surface area contributed by atoms with E-state index in [1.807, 2.05) is 12.1 Å². The minimum absolute atomic E-state index is 0.743. The van der Waals surface area contributed by atoms with Crippen LogP contribution < -0.4 is 5.32 Å². The van der Waals surface area contributed by atoms with Gasteiger partial charge in [0, 0.05) is 11.4 Å². The number of H-pyrrole nitrogens is 1. The average Bonchev–Trinajstić information content (AvgIpc) is 2.86. The van der Waals surface area contributed by atoms with E-state index in [0.717, 1.165) is 34.6 Å².